The minimum absolute atomic E-state index is 0.316. The molecule has 2 aliphatic heterocycles. The van der Waals surface area contributed by atoms with Crippen LogP contribution in [-0.4, -0.2) is 49.5 Å². The highest BCUT2D eigenvalue weighted by molar-refractivity contribution is 5.98. The van der Waals surface area contributed by atoms with Crippen LogP contribution in [0.2, 0.25) is 0 Å². The summed E-state index contributed by atoms with van der Waals surface area (Å²) in [6, 6.07) is 19.9. The fraction of sp³-hybridized carbons (Fsp3) is 0.440. The summed E-state index contributed by atoms with van der Waals surface area (Å²) < 4.78 is 0. The second kappa shape index (κ2) is 8.13. The summed E-state index contributed by atoms with van der Waals surface area (Å²) in [7, 11) is 1.88. The molecule has 3 atom stereocenters. The zero-order valence-corrected chi connectivity index (χ0v) is 17.6. The van der Waals surface area contributed by atoms with E-state index >= 15 is 0 Å². The lowest BCUT2D eigenvalue weighted by molar-refractivity contribution is -0.127. The van der Waals surface area contributed by atoms with Gasteiger partial charge in [0.05, 0.1) is 0 Å². The highest BCUT2D eigenvalue weighted by Crippen LogP contribution is 2.42. The number of hydrogen-bond acceptors (Lipinski definition) is 2. The molecule has 0 bridgehead atoms. The van der Waals surface area contributed by atoms with E-state index in [0.717, 1.165) is 44.9 Å². The highest BCUT2D eigenvalue weighted by atomic mass is 16.2. The number of nitrogens with zero attached hydrogens (tertiary/aromatic N) is 3. The van der Waals surface area contributed by atoms with Crippen LogP contribution in [0.5, 0.6) is 0 Å². The largest absolute Gasteiger partial charge is 0.353 e. The van der Waals surface area contributed by atoms with Gasteiger partial charge in [-0.15, -0.1) is 0 Å². The molecule has 5 rings (SSSR count). The first-order chi connectivity index (χ1) is 14.7. The minimum Gasteiger partial charge on any atom is -0.353 e. The Morgan fingerprint density at radius 1 is 1.13 bits per heavy atom. The Morgan fingerprint density at radius 2 is 1.93 bits per heavy atom. The Balaban J connectivity index is 1.27. The van der Waals surface area contributed by atoms with Crippen molar-refractivity contribution < 1.29 is 4.79 Å². The van der Waals surface area contributed by atoms with Gasteiger partial charge in [0.15, 0.2) is 5.96 Å². The van der Waals surface area contributed by atoms with Gasteiger partial charge in [-0.1, -0.05) is 48.5 Å². The van der Waals surface area contributed by atoms with E-state index in [1.807, 2.05) is 11.9 Å². The monoisotopic (exact) mass is 402 g/mol. The van der Waals surface area contributed by atoms with E-state index in [2.05, 4.69) is 69.8 Å². The van der Waals surface area contributed by atoms with Crippen molar-refractivity contribution in [3.05, 3.63) is 65.7 Å². The van der Waals surface area contributed by atoms with Gasteiger partial charge in [-0.25, -0.2) is 0 Å². The molecule has 1 saturated heterocycles. The van der Waals surface area contributed by atoms with E-state index in [1.165, 1.54) is 16.8 Å². The molecule has 3 unspecified atom stereocenters. The van der Waals surface area contributed by atoms with Gasteiger partial charge < -0.3 is 15.1 Å². The van der Waals surface area contributed by atoms with E-state index in [4.69, 9.17) is 0 Å². The van der Waals surface area contributed by atoms with E-state index in [9.17, 15) is 4.79 Å². The number of guanidine groups is 1. The normalized spacial score (nSPS) is 25.6. The Labute approximate surface area is 178 Å². The third-order valence-electron chi connectivity index (χ3n) is 6.79. The zero-order valence-electron chi connectivity index (χ0n) is 17.6. The van der Waals surface area contributed by atoms with Crippen molar-refractivity contribution >= 4 is 17.6 Å². The number of likely N-dealkylation sites (tertiary alicyclic amines) is 1. The number of amides is 1. The number of carbonyl (C=O) groups excluding carboxylic acids is 1. The summed E-state index contributed by atoms with van der Waals surface area (Å²) in [6.45, 7) is 2.70. The topological polar surface area (TPSA) is 47.9 Å². The summed E-state index contributed by atoms with van der Waals surface area (Å²) in [5.74, 6) is 2.27. The molecular formula is C25H30N4O. The maximum absolute atomic E-state index is 12.0. The van der Waals surface area contributed by atoms with E-state index in [-0.39, 0.29) is 0 Å². The molecule has 5 heteroatoms. The SMILES string of the molecule is CN=C(NC1CC1c1ccccc1)N1CC(CCN2CCCC2=O)c2ccccc21. The van der Waals surface area contributed by atoms with Gasteiger partial charge in [0.2, 0.25) is 5.91 Å². The number of para-hydroxylation sites is 1. The van der Waals surface area contributed by atoms with Crippen molar-refractivity contribution in [1.82, 2.24) is 10.2 Å². The van der Waals surface area contributed by atoms with Crippen LogP contribution in [0, 0.1) is 0 Å². The summed E-state index contributed by atoms with van der Waals surface area (Å²) in [5.41, 5.74) is 4.03. The molecule has 2 aromatic carbocycles. The van der Waals surface area contributed by atoms with E-state index in [0.29, 0.717) is 30.2 Å². The number of rotatable bonds is 5. The van der Waals surface area contributed by atoms with Crippen molar-refractivity contribution in [1.29, 1.82) is 0 Å². The molecule has 2 aromatic rings. The van der Waals surface area contributed by atoms with Crippen LogP contribution in [0.15, 0.2) is 59.6 Å². The maximum atomic E-state index is 12.0. The molecule has 2 heterocycles. The molecule has 30 heavy (non-hydrogen) atoms. The van der Waals surface area contributed by atoms with Crippen LogP contribution in [0.1, 0.15) is 48.6 Å². The molecule has 0 radical (unpaired) electrons. The third-order valence-corrected chi connectivity index (χ3v) is 6.79. The standard InChI is InChI=1S/C25H30N4O/c1-26-25(27-22-16-21(22)18-8-3-2-4-9-18)29-17-19(20-10-5-6-11-23(20)29)13-15-28-14-7-12-24(28)30/h2-6,8-11,19,21-22H,7,12-17H2,1H3,(H,26,27). The Morgan fingerprint density at radius 3 is 2.70 bits per heavy atom. The van der Waals surface area contributed by atoms with Crippen molar-refractivity contribution in [2.75, 3.05) is 31.6 Å². The summed E-state index contributed by atoms with van der Waals surface area (Å²) in [6.07, 6.45) is 3.88. The Hall–Kier alpha value is -2.82. The molecule has 2 fully saturated rings. The van der Waals surface area contributed by atoms with Gasteiger partial charge in [0, 0.05) is 56.7 Å². The molecule has 5 nitrogen and oxygen atoms in total. The van der Waals surface area contributed by atoms with Crippen molar-refractivity contribution in [2.45, 2.75) is 43.6 Å². The second-order valence-corrected chi connectivity index (χ2v) is 8.69. The Bertz CT molecular complexity index is 941. The predicted molar refractivity (Wildman–Crippen MR) is 121 cm³/mol. The lowest BCUT2D eigenvalue weighted by Gasteiger charge is -2.23. The smallest absolute Gasteiger partial charge is 0.222 e. The number of hydrogen-bond donors (Lipinski definition) is 1. The fourth-order valence-corrected chi connectivity index (χ4v) is 5.05. The van der Waals surface area contributed by atoms with Crippen molar-refractivity contribution in [2.24, 2.45) is 4.99 Å². The van der Waals surface area contributed by atoms with E-state index < -0.39 is 0 Å². The van der Waals surface area contributed by atoms with Crippen LogP contribution in [-0.2, 0) is 4.79 Å². The third kappa shape index (κ3) is 3.69. The lowest BCUT2D eigenvalue weighted by Crippen LogP contribution is -2.42. The number of carbonyl (C=O) groups is 1. The van der Waals surface area contributed by atoms with Gasteiger partial charge in [0.25, 0.3) is 0 Å². The number of benzene rings is 2. The molecule has 156 valence electrons. The van der Waals surface area contributed by atoms with Gasteiger partial charge in [-0.05, 0) is 36.5 Å². The minimum atomic E-state index is 0.316. The number of nitrogens with one attached hydrogen (secondary N) is 1. The molecule has 0 spiro atoms. The summed E-state index contributed by atoms with van der Waals surface area (Å²) in [4.78, 5) is 21.0. The fourth-order valence-electron chi connectivity index (χ4n) is 5.05. The summed E-state index contributed by atoms with van der Waals surface area (Å²) in [5, 5.41) is 3.71. The molecule has 3 aliphatic rings. The van der Waals surface area contributed by atoms with Crippen LogP contribution in [0.4, 0.5) is 5.69 Å². The zero-order chi connectivity index (χ0) is 20.5. The number of anilines is 1. The van der Waals surface area contributed by atoms with Crippen LogP contribution in [0.25, 0.3) is 0 Å². The van der Waals surface area contributed by atoms with Crippen LogP contribution in [0.3, 0.4) is 0 Å². The Kier molecular flexibility index (Phi) is 5.19. The van der Waals surface area contributed by atoms with Gasteiger partial charge in [-0.2, -0.15) is 0 Å². The van der Waals surface area contributed by atoms with Crippen LogP contribution < -0.4 is 10.2 Å². The van der Waals surface area contributed by atoms with Gasteiger partial charge >= 0.3 is 0 Å². The van der Waals surface area contributed by atoms with Crippen molar-refractivity contribution in [3.8, 4) is 0 Å². The molecular weight excluding hydrogens is 372 g/mol. The lowest BCUT2D eigenvalue weighted by atomic mass is 9.98. The quantitative estimate of drug-likeness (QED) is 0.612. The second-order valence-electron chi connectivity index (χ2n) is 8.69. The van der Waals surface area contributed by atoms with Crippen molar-refractivity contribution in [3.63, 3.8) is 0 Å². The molecule has 1 amide bonds. The molecule has 0 aromatic heterocycles. The predicted octanol–water partition coefficient (Wildman–Crippen LogP) is 3.73. The number of fused-ring (bicyclic) bond motifs is 1. The first-order valence-electron chi connectivity index (χ1n) is 11.2. The highest BCUT2D eigenvalue weighted by Gasteiger charge is 2.41. The van der Waals surface area contributed by atoms with Gasteiger partial charge in [0.1, 0.15) is 0 Å². The number of aliphatic imine (C=N–C) groups is 1. The average molecular weight is 403 g/mol. The van der Waals surface area contributed by atoms with Crippen LogP contribution >= 0.6 is 0 Å². The van der Waals surface area contributed by atoms with Gasteiger partial charge in [-0.3, -0.25) is 9.79 Å². The maximum Gasteiger partial charge on any atom is 0.222 e. The molecule has 1 N–H and O–H groups in total. The first-order valence-corrected chi connectivity index (χ1v) is 11.2. The molecule has 1 saturated carbocycles. The average Bonchev–Trinajstić information content (AvgIpc) is 3.29. The summed E-state index contributed by atoms with van der Waals surface area (Å²) >= 11 is 0. The van der Waals surface area contributed by atoms with E-state index in [1.54, 1.807) is 0 Å². The molecule has 1 aliphatic carbocycles. The first kappa shape index (κ1) is 19.2.